The van der Waals surface area contributed by atoms with E-state index in [2.05, 4.69) is 21.3 Å². The third-order valence-corrected chi connectivity index (χ3v) is 2.60. The van der Waals surface area contributed by atoms with E-state index in [4.69, 9.17) is 4.74 Å². The summed E-state index contributed by atoms with van der Waals surface area (Å²) in [6.45, 7) is 3.72. The molecule has 1 fully saturated rings. The second-order valence-electron chi connectivity index (χ2n) is 3.74. The van der Waals surface area contributed by atoms with Crippen molar-refractivity contribution >= 4 is 18.2 Å². The maximum absolute atomic E-state index is 5.16. The Bertz CT molecular complexity index is 295. The summed E-state index contributed by atoms with van der Waals surface area (Å²) in [4.78, 5) is 6.65. The average molecular weight is 244 g/mol. The molecular formula is C11H18ClN3O. The molecule has 0 spiro atoms. The first-order valence-electron chi connectivity index (χ1n) is 5.28. The molecule has 5 heteroatoms. The lowest BCUT2D eigenvalue weighted by molar-refractivity contribution is 0.163. The van der Waals surface area contributed by atoms with E-state index in [-0.39, 0.29) is 12.4 Å². The van der Waals surface area contributed by atoms with Crippen molar-refractivity contribution in [2.75, 3.05) is 38.3 Å². The van der Waals surface area contributed by atoms with E-state index < -0.39 is 0 Å². The highest BCUT2D eigenvalue weighted by Gasteiger charge is 2.19. The van der Waals surface area contributed by atoms with E-state index in [1.165, 1.54) is 0 Å². The second kappa shape index (κ2) is 6.68. The van der Waals surface area contributed by atoms with Crippen molar-refractivity contribution in [1.29, 1.82) is 0 Å². The monoisotopic (exact) mass is 243 g/mol. The van der Waals surface area contributed by atoms with Crippen LogP contribution in [0.3, 0.4) is 0 Å². The van der Waals surface area contributed by atoms with Crippen LogP contribution in [0, 0.1) is 0 Å². The van der Waals surface area contributed by atoms with Gasteiger partial charge in [-0.2, -0.15) is 0 Å². The van der Waals surface area contributed by atoms with Gasteiger partial charge in [-0.1, -0.05) is 6.07 Å². The summed E-state index contributed by atoms with van der Waals surface area (Å²) in [5.74, 6) is 1.06. The Hall–Kier alpha value is -0.840. The zero-order valence-corrected chi connectivity index (χ0v) is 10.2. The first-order valence-corrected chi connectivity index (χ1v) is 5.28. The molecule has 1 aromatic rings. The summed E-state index contributed by atoms with van der Waals surface area (Å²) in [5.41, 5.74) is 0. The molecule has 0 radical (unpaired) electrons. The predicted octanol–water partition coefficient (Wildman–Crippen LogP) is 0.928. The minimum absolute atomic E-state index is 0. The Labute approximate surface area is 102 Å². The van der Waals surface area contributed by atoms with Crippen molar-refractivity contribution in [2.24, 2.45) is 0 Å². The first kappa shape index (κ1) is 13.2. The number of nitrogens with zero attached hydrogens (tertiary/aromatic N) is 2. The van der Waals surface area contributed by atoms with E-state index in [0.29, 0.717) is 6.04 Å². The standard InChI is InChI=1S/C11H17N3O.ClH/c1-15-9-10-8-14(7-6-12-10)11-4-2-3-5-13-11;/h2-5,10,12H,6-9H2,1H3;1H/t10-;/m1./s1. The van der Waals surface area contributed by atoms with Gasteiger partial charge in [0.25, 0.3) is 0 Å². The van der Waals surface area contributed by atoms with Crippen molar-refractivity contribution in [3.63, 3.8) is 0 Å². The van der Waals surface area contributed by atoms with Crippen molar-refractivity contribution in [3.05, 3.63) is 24.4 Å². The maximum Gasteiger partial charge on any atom is 0.128 e. The average Bonchev–Trinajstić information content (AvgIpc) is 2.31. The third-order valence-electron chi connectivity index (χ3n) is 2.60. The number of rotatable bonds is 3. The van der Waals surface area contributed by atoms with Crippen LogP contribution in [0.4, 0.5) is 5.82 Å². The Balaban J connectivity index is 0.00000128. The molecule has 4 nitrogen and oxygen atoms in total. The third kappa shape index (κ3) is 3.33. The molecular weight excluding hydrogens is 226 g/mol. The quantitative estimate of drug-likeness (QED) is 0.857. The zero-order chi connectivity index (χ0) is 10.5. The van der Waals surface area contributed by atoms with Gasteiger partial charge in [0, 0.05) is 39.0 Å². The van der Waals surface area contributed by atoms with Gasteiger partial charge < -0.3 is 15.0 Å². The minimum Gasteiger partial charge on any atom is -0.383 e. The van der Waals surface area contributed by atoms with Crippen molar-refractivity contribution in [3.8, 4) is 0 Å². The van der Waals surface area contributed by atoms with Crippen molar-refractivity contribution in [1.82, 2.24) is 10.3 Å². The van der Waals surface area contributed by atoms with E-state index in [1.807, 2.05) is 18.3 Å². The molecule has 16 heavy (non-hydrogen) atoms. The van der Waals surface area contributed by atoms with Gasteiger partial charge in [-0.3, -0.25) is 0 Å². The summed E-state index contributed by atoms with van der Waals surface area (Å²) in [5, 5.41) is 3.43. The topological polar surface area (TPSA) is 37.4 Å². The largest absolute Gasteiger partial charge is 0.383 e. The lowest BCUT2D eigenvalue weighted by Crippen LogP contribution is -2.52. The highest BCUT2D eigenvalue weighted by atomic mass is 35.5. The molecule has 1 N–H and O–H groups in total. The molecule has 2 heterocycles. The molecule has 0 saturated carbocycles. The molecule has 1 aliphatic heterocycles. The molecule has 2 rings (SSSR count). The zero-order valence-electron chi connectivity index (χ0n) is 9.43. The van der Waals surface area contributed by atoms with Crippen LogP contribution in [0.5, 0.6) is 0 Å². The number of aromatic nitrogens is 1. The van der Waals surface area contributed by atoms with Gasteiger partial charge in [0.2, 0.25) is 0 Å². The molecule has 1 saturated heterocycles. The minimum atomic E-state index is 0. The van der Waals surface area contributed by atoms with Crippen LogP contribution in [-0.4, -0.2) is 44.4 Å². The molecule has 0 amide bonds. The highest BCUT2D eigenvalue weighted by Crippen LogP contribution is 2.11. The Kier molecular flexibility index (Phi) is 5.52. The number of halogens is 1. The first-order chi connectivity index (χ1) is 7.40. The lowest BCUT2D eigenvalue weighted by atomic mass is 10.2. The predicted molar refractivity (Wildman–Crippen MR) is 67.4 cm³/mol. The van der Waals surface area contributed by atoms with Crippen LogP contribution >= 0.6 is 12.4 Å². The molecule has 90 valence electrons. The maximum atomic E-state index is 5.16. The summed E-state index contributed by atoms with van der Waals surface area (Å²) >= 11 is 0. The van der Waals surface area contributed by atoms with E-state index in [0.717, 1.165) is 32.1 Å². The number of anilines is 1. The Morgan fingerprint density at radius 2 is 2.44 bits per heavy atom. The van der Waals surface area contributed by atoms with Gasteiger partial charge in [-0.15, -0.1) is 12.4 Å². The summed E-state index contributed by atoms with van der Waals surface area (Å²) in [6, 6.07) is 6.43. The summed E-state index contributed by atoms with van der Waals surface area (Å²) in [7, 11) is 1.74. The molecule has 0 unspecified atom stereocenters. The van der Waals surface area contributed by atoms with Crippen LogP contribution in [0.15, 0.2) is 24.4 Å². The van der Waals surface area contributed by atoms with Crippen LogP contribution in [0.25, 0.3) is 0 Å². The van der Waals surface area contributed by atoms with E-state index >= 15 is 0 Å². The van der Waals surface area contributed by atoms with Gasteiger partial charge in [0.15, 0.2) is 0 Å². The van der Waals surface area contributed by atoms with Gasteiger partial charge in [-0.05, 0) is 12.1 Å². The van der Waals surface area contributed by atoms with Crippen LogP contribution < -0.4 is 10.2 Å². The van der Waals surface area contributed by atoms with E-state index in [1.54, 1.807) is 7.11 Å². The summed E-state index contributed by atoms with van der Waals surface area (Å²) < 4.78 is 5.16. The molecule has 1 aliphatic rings. The number of methoxy groups -OCH3 is 1. The number of hydrogen-bond acceptors (Lipinski definition) is 4. The van der Waals surface area contributed by atoms with Crippen LogP contribution in [0.2, 0.25) is 0 Å². The van der Waals surface area contributed by atoms with Gasteiger partial charge in [0.05, 0.1) is 6.61 Å². The smallest absolute Gasteiger partial charge is 0.128 e. The fourth-order valence-electron chi connectivity index (χ4n) is 1.89. The SMILES string of the molecule is COC[C@H]1CN(c2ccccn2)CCN1.Cl. The Morgan fingerprint density at radius 1 is 1.56 bits per heavy atom. The normalized spacial score (nSPS) is 20.3. The summed E-state index contributed by atoms with van der Waals surface area (Å²) in [6.07, 6.45) is 1.84. The molecule has 0 aromatic carbocycles. The van der Waals surface area contributed by atoms with E-state index in [9.17, 15) is 0 Å². The number of ether oxygens (including phenoxy) is 1. The van der Waals surface area contributed by atoms with Gasteiger partial charge in [0.1, 0.15) is 5.82 Å². The van der Waals surface area contributed by atoms with Crippen LogP contribution in [-0.2, 0) is 4.74 Å². The number of piperazine rings is 1. The van der Waals surface area contributed by atoms with Crippen molar-refractivity contribution < 1.29 is 4.74 Å². The van der Waals surface area contributed by atoms with Gasteiger partial charge in [-0.25, -0.2) is 4.98 Å². The molecule has 1 atom stereocenters. The Morgan fingerprint density at radius 3 is 3.12 bits per heavy atom. The fraction of sp³-hybridized carbons (Fsp3) is 0.545. The number of pyridine rings is 1. The number of hydrogen-bond donors (Lipinski definition) is 1. The lowest BCUT2D eigenvalue weighted by Gasteiger charge is -2.34. The number of nitrogens with one attached hydrogen (secondary N) is 1. The molecule has 0 aliphatic carbocycles. The van der Waals surface area contributed by atoms with Crippen LogP contribution in [0.1, 0.15) is 0 Å². The fourth-order valence-corrected chi connectivity index (χ4v) is 1.89. The molecule has 0 bridgehead atoms. The highest BCUT2D eigenvalue weighted by molar-refractivity contribution is 5.85. The van der Waals surface area contributed by atoms with Gasteiger partial charge >= 0.3 is 0 Å². The second-order valence-corrected chi connectivity index (χ2v) is 3.74. The van der Waals surface area contributed by atoms with Crippen molar-refractivity contribution in [2.45, 2.75) is 6.04 Å². The molecule has 1 aromatic heterocycles.